The Morgan fingerprint density at radius 3 is 2.82 bits per heavy atom. The highest BCUT2D eigenvalue weighted by atomic mass is 35.5. The van der Waals surface area contributed by atoms with E-state index < -0.39 is 0 Å². The Balaban J connectivity index is 2.24. The van der Waals surface area contributed by atoms with Crippen molar-refractivity contribution in [3.8, 4) is 0 Å². The second-order valence-electron chi connectivity index (χ2n) is 4.98. The number of hydrogen-bond donors (Lipinski definition) is 0. The summed E-state index contributed by atoms with van der Waals surface area (Å²) in [6.45, 7) is 6.37. The summed E-state index contributed by atoms with van der Waals surface area (Å²) >= 11 is 7.75. The van der Waals surface area contributed by atoms with Crippen LogP contribution in [0.2, 0.25) is 0 Å². The van der Waals surface area contributed by atoms with Crippen LogP contribution in [-0.2, 0) is 5.88 Å². The molecule has 0 spiro atoms. The van der Waals surface area contributed by atoms with Crippen molar-refractivity contribution in [2.75, 3.05) is 23.7 Å². The number of rotatable bonds is 2. The van der Waals surface area contributed by atoms with Crippen LogP contribution in [0.5, 0.6) is 0 Å². The first kappa shape index (κ1) is 13.0. The van der Waals surface area contributed by atoms with Crippen molar-refractivity contribution in [1.29, 1.82) is 0 Å². The quantitative estimate of drug-likeness (QED) is 0.752. The number of hydrogen-bond acceptors (Lipinski definition) is 2. The summed E-state index contributed by atoms with van der Waals surface area (Å²) < 4.78 is 13.7. The van der Waals surface area contributed by atoms with Crippen LogP contribution in [0.3, 0.4) is 0 Å². The average Bonchev–Trinajstić information content (AvgIpc) is 2.27. The molecule has 17 heavy (non-hydrogen) atoms. The largest absolute Gasteiger partial charge is 0.369 e. The molecule has 4 heteroatoms. The van der Waals surface area contributed by atoms with E-state index in [1.807, 2.05) is 17.8 Å². The number of halogens is 2. The molecule has 1 aliphatic heterocycles. The van der Waals surface area contributed by atoms with Gasteiger partial charge in [0, 0.05) is 35.2 Å². The van der Waals surface area contributed by atoms with Gasteiger partial charge in [-0.1, -0.05) is 0 Å². The highest BCUT2D eigenvalue weighted by Crippen LogP contribution is 2.32. The molecule has 0 aromatic heterocycles. The Morgan fingerprint density at radius 1 is 1.41 bits per heavy atom. The molecule has 1 aromatic rings. The van der Waals surface area contributed by atoms with Gasteiger partial charge in [-0.25, -0.2) is 4.39 Å². The summed E-state index contributed by atoms with van der Waals surface area (Å²) in [4.78, 5) is 2.25. The fourth-order valence-corrected chi connectivity index (χ4v) is 3.40. The van der Waals surface area contributed by atoms with E-state index in [0.29, 0.717) is 5.88 Å². The average molecular weight is 274 g/mol. The van der Waals surface area contributed by atoms with Crippen LogP contribution in [-0.4, -0.2) is 23.6 Å². The first-order valence-corrected chi connectivity index (χ1v) is 7.26. The lowest BCUT2D eigenvalue weighted by molar-refractivity contribution is 0.618. The molecule has 0 unspecified atom stereocenters. The van der Waals surface area contributed by atoms with Crippen molar-refractivity contribution in [2.45, 2.75) is 24.5 Å². The maximum Gasteiger partial charge on any atom is 0.125 e. The van der Waals surface area contributed by atoms with Crippen molar-refractivity contribution in [3.05, 3.63) is 29.6 Å². The summed E-state index contributed by atoms with van der Waals surface area (Å²) in [7, 11) is 0. The second kappa shape index (κ2) is 5.07. The highest BCUT2D eigenvalue weighted by Gasteiger charge is 2.27. The minimum Gasteiger partial charge on any atom is -0.369 e. The minimum atomic E-state index is -0.200. The monoisotopic (exact) mass is 273 g/mol. The Hall–Kier alpha value is -0.410. The van der Waals surface area contributed by atoms with E-state index >= 15 is 0 Å². The van der Waals surface area contributed by atoms with Gasteiger partial charge in [0.05, 0.1) is 0 Å². The first-order chi connectivity index (χ1) is 8.00. The van der Waals surface area contributed by atoms with E-state index in [1.54, 1.807) is 6.07 Å². The van der Waals surface area contributed by atoms with E-state index in [0.717, 1.165) is 30.1 Å². The Bertz CT molecular complexity index is 408. The normalized spacial score (nSPS) is 19.4. The molecule has 0 radical (unpaired) electrons. The number of benzene rings is 1. The molecule has 0 bridgehead atoms. The van der Waals surface area contributed by atoms with E-state index in [9.17, 15) is 4.39 Å². The van der Waals surface area contributed by atoms with Gasteiger partial charge >= 0.3 is 0 Å². The molecule has 1 nitrogen and oxygen atoms in total. The topological polar surface area (TPSA) is 3.24 Å². The fraction of sp³-hybridized carbons (Fsp3) is 0.538. The van der Waals surface area contributed by atoms with Gasteiger partial charge in [0.25, 0.3) is 0 Å². The molecule has 1 aliphatic rings. The van der Waals surface area contributed by atoms with Crippen molar-refractivity contribution >= 4 is 29.1 Å². The lowest BCUT2D eigenvalue weighted by Gasteiger charge is -2.39. The van der Waals surface area contributed by atoms with Crippen molar-refractivity contribution in [1.82, 2.24) is 0 Å². The van der Waals surface area contributed by atoms with Gasteiger partial charge in [0.15, 0.2) is 0 Å². The van der Waals surface area contributed by atoms with Gasteiger partial charge in [-0.15, -0.1) is 11.6 Å². The third kappa shape index (κ3) is 3.29. The van der Waals surface area contributed by atoms with Crippen LogP contribution in [0.15, 0.2) is 18.2 Å². The van der Waals surface area contributed by atoms with E-state index in [1.165, 1.54) is 6.07 Å². The second-order valence-corrected chi connectivity index (χ2v) is 7.05. The van der Waals surface area contributed by atoms with E-state index in [-0.39, 0.29) is 10.6 Å². The summed E-state index contributed by atoms with van der Waals surface area (Å²) in [6.07, 6.45) is 0. The molecule has 1 aromatic carbocycles. The molecule has 1 fully saturated rings. The summed E-state index contributed by atoms with van der Waals surface area (Å²) in [5.41, 5.74) is 1.80. The van der Waals surface area contributed by atoms with Crippen LogP contribution in [0, 0.1) is 5.82 Å². The predicted molar refractivity (Wildman–Crippen MR) is 74.7 cm³/mol. The number of alkyl halides is 1. The predicted octanol–water partition coefficient (Wildman–Crippen LogP) is 3.90. The molecule has 2 rings (SSSR count). The van der Waals surface area contributed by atoms with Crippen LogP contribution in [0.25, 0.3) is 0 Å². The zero-order valence-corrected chi connectivity index (χ0v) is 11.7. The van der Waals surface area contributed by atoms with Gasteiger partial charge in [-0.2, -0.15) is 11.8 Å². The van der Waals surface area contributed by atoms with E-state index in [4.69, 9.17) is 11.6 Å². The van der Waals surface area contributed by atoms with Gasteiger partial charge in [0.2, 0.25) is 0 Å². The van der Waals surface area contributed by atoms with E-state index in [2.05, 4.69) is 18.7 Å². The fourth-order valence-electron chi connectivity index (χ4n) is 2.13. The number of nitrogens with zero attached hydrogens (tertiary/aromatic N) is 1. The molecule has 1 heterocycles. The maximum absolute atomic E-state index is 13.5. The maximum atomic E-state index is 13.5. The SMILES string of the molecule is CC1(C)CN(c2cc(F)cc(CCl)c2)CCS1. The van der Waals surface area contributed by atoms with Crippen LogP contribution in [0.4, 0.5) is 10.1 Å². The van der Waals surface area contributed by atoms with Gasteiger partial charge in [-0.05, 0) is 37.6 Å². The van der Waals surface area contributed by atoms with Crippen LogP contribution < -0.4 is 4.90 Å². The molecule has 0 aliphatic carbocycles. The number of anilines is 1. The molecule has 0 amide bonds. The molecular formula is C13H17ClFNS. The highest BCUT2D eigenvalue weighted by molar-refractivity contribution is 8.00. The molecule has 0 atom stereocenters. The lowest BCUT2D eigenvalue weighted by Crippen LogP contribution is -2.43. The molecular weight excluding hydrogens is 257 g/mol. The standard InChI is InChI=1S/C13H17ClFNS/c1-13(2)9-16(3-4-17-13)12-6-10(8-14)5-11(15)7-12/h5-7H,3-4,8-9H2,1-2H3. The summed E-state index contributed by atoms with van der Waals surface area (Å²) in [6, 6.07) is 5.09. The molecule has 0 saturated carbocycles. The van der Waals surface area contributed by atoms with Crippen molar-refractivity contribution in [2.24, 2.45) is 0 Å². The third-order valence-corrected chi connectivity index (χ3v) is 4.49. The Kier molecular flexibility index (Phi) is 3.88. The van der Waals surface area contributed by atoms with Crippen LogP contribution >= 0.6 is 23.4 Å². The zero-order valence-electron chi connectivity index (χ0n) is 10.2. The van der Waals surface area contributed by atoms with Gasteiger partial charge in [0.1, 0.15) is 5.82 Å². The molecule has 1 saturated heterocycles. The lowest BCUT2D eigenvalue weighted by atomic mass is 10.1. The van der Waals surface area contributed by atoms with Crippen molar-refractivity contribution < 1.29 is 4.39 Å². The molecule has 0 N–H and O–H groups in total. The van der Waals surface area contributed by atoms with Crippen molar-refractivity contribution in [3.63, 3.8) is 0 Å². The van der Waals surface area contributed by atoms with Gasteiger partial charge < -0.3 is 4.90 Å². The van der Waals surface area contributed by atoms with Gasteiger partial charge in [-0.3, -0.25) is 0 Å². The third-order valence-electron chi connectivity index (χ3n) is 2.89. The smallest absolute Gasteiger partial charge is 0.125 e. The molecule has 94 valence electrons. The minimum absolute atomic E-state index is 0.200. The summed E-state index contributed by atoms with van der Waals surface area (Å²) in [5, 5.41) is 0. The summed E-state index contributed by atoms with van der Waals surface area (Å²) in [5.74, 6) is 1.24. The van der Waals surface area contributed by atoms with Crippen LogP contribution in [0.1, 0.15) is 19.4 Å². The number of thioether (sulfide) groups is 1. The Labute approximate surface area is 111 Å². The zero-order chi connectivity index (χ0) is 12.5. The Morgan fingerprint density at radius 2 is 2.18 bits per heavy atom. The first-order valence-electron chi connectivity index (χ1n) is 5.74.